The van der Waals surface area contributed by atoms with Crippen molar-refractivity contribution in [1.82, 2.24) is 10.2 Å². The van der Waals surface area contributed by atoms with Crippen LogP contribution in [-0.4, -0.2) is 50.4 Å². The predicted octanol–water partition coefficient (Wildman–Crippen LogP) is 1.80. The third-order valence-corrected chi connectivity index (χ3v) is 3.45. The molecule has 1 aliphatic heterocycles. The smallest absolute Gasteiger partial charge is 0.317 e. The van der Waals surface area contributed by atoms with Crippen molar-refractivity contribution in [3.8, 4) is 0 Å². The van der Waals surface area contributed by atoms with Crippen molar-refractivity contribution in [3.05, 3.63) is 35.9 Å². The molecule has 110 valence electrons. The summed E-state index contributed by atoms with van der Waals surface area (Å²) in [5.74, 6) is 0. The monoisotopic (exact) mass is 278 g/mol. The first-order chi connectivity index (χ1) is 9.72. The lowest BCUT2D eigenvalue weighted by Gasteiger charge is -2.38. The lowest BCUT2D eigenvalue weighted by atomic mass is 10.1. The van der Waals surface area contributed by atoms with Gasteiger partial charge >= 0.3 is 6.03 Å². The molecule has 0 aliphatic carbocycles. The van der Waals surface area contributed by atoms with Crippen LogP contribution in [0.15, 0.2) is 30.3 Å². The highest BCUT2D eigenvalue weighted by atomic mass is 16.5. The number of nitrogens with zero attached hydrogens (tertiary/aromatic N) is 1. The Kier molecular flexibility index (Phi) is 5.38. The van der Waals surface area contributed by atoms with Crippen LogP contribution in [0.5, 0.6) is 0 Å². The minimum absolute atomic E-state index is 0.0550. The average molecular weight is 278 g/mol. The Balaban J connectivity index is 1.96. The Labute approximate surface area is 119 Å². The second-order valence-electron chi connectivity index (χ2n) is 4.96. The van der Waals surface area contributed by atoms with Crippen molar-refractivity contribution in [3.63, 3.8) is 0 Å². The Morgan fingerprint density at radius 3 is 2.90 bits per heavy atom. The number of hydrogen-bond acceptors (Lipinski definition) is 3. The van der Waals surface area contributed by atoms with Crippen molar-refractivity contribution in [2.75, 3.05) is 33.4 Å². The van der Waals surface area contributed by atoms with E-state index in [0.29, 0.717) is 26.3 Å². The zero-order chi connectivity index (χ0) is 14.4. The van der Waals surface area contributed by atoms with Crippen LogP contribution in [0.25, 0.3) is 0 Å². The molecule has 20 heavy (non-hydrogen) atoms. The SMILES string of the molecule is COCCNC(=O)N1C[C@@H](c2ccccc2)OC[C@@H]1C. The number of carbonyl (C=O) groups is 1. The van der Waals surface area contributed by atoms with Gasteiger partial charge < -0.3 is 19.7 Å². The number of hydrogen-bond donors (Lipinski definition) is 1. The van der Waals surface area contributed by atoms with Gasteiger partial charge in [0.25, 0.3) is 0 Å². The number of amides is 2. The van der Waals surface area contributed by atoms with Crippen LogP contribution in [0.3, 0.4) is 0 Å². The number of rotatable bonds is 4. The Bertz CT molecular complexity index is 424. The lowest BCUT2D eigenvalue weighted by molar-refractivity contribution is -0.0428. The molecular formula is C15H22N2O3. The topological polar surface area (TPSA) is 50.8 Å². The first-order valence-electron chi connectivity index (χ1n) is 6.92. The molecule has 5 nitrogen and oxygen atoms in total. The molecule has 1 aromatic carbocycles. The summed E-state index contributed by atoms with van der Waals surface area (Å²) in [6.07, 6.45) is -0.0550. The van der Waals surface area contributed by atoms with Gasteiger partial charge in [-0.3, -0.25) is 0 Å². The van der Waals surface area contributed by atoms with Crippen molar-refractivity contribution in [2.24, 2.45) is 0 Å². The van der Waals surface area contributed by atoms with Gasteiger partial charge in [0.2, 0.25) is 0 Å². The summed E-state index contributed by atoms with van der Waals surface area (Å²) in [5.41, 5.74) is 1.11. The van der Waals surface area contributed by atoms with Crippen LogP contribution >= 0.6 is 0 Å². The largest absolute Gasteiger partial charge is 0.383 e. The molecule has 1 N–H and O–H groups in total. The van der Waals surface area contributed by atoms with Crippen LogP contribution in [0.2, 0.25) is 0 Å². The number of benzene rings is 1. The third-order valence-electron chi connectivity index (χ3n) is 3.45. The van der Waals surface area contributed by atoms with E-state index in [1.165, 1.54) is 0 Å². The molecule has 1 heterocycles. The van der Waals surface area contributed by atoms with Crippen molar-refractivity contribution < 1.29 is 14.3 Å². The Hall–Kier alpha value is -1.59. The van der Waals surface area contributed by atoms with E-state index in [0.717, 1.165) is 5.56 Å². The summed E-state index contributed by atoms with van der Waals surface area (Å²) < 4.78 is 10.8. The zero-order valence-electron chi connectivity index (χ0n) is 12.0. The maximum Gasteiger partial charge on any atom is 0.317 e. The lowest BCUT2D eigenvalue weighted by Crippen LogP contribution is -2.52. The third kappa shape index (κ3) is 3.71. The summed E-state index contributed by atoms with van der Waals surface area (Å²) in [6, 6.07) is 10.0. The molecule has 1 saturated heterocycles. The van der Waals surface area contributed by atoms with Crippen LogP contribution < -0.4 is 5.32 Å². The van der Waals surface area contributed by atoms with Gasteiger partial charge in [-0.15, -0.1) is 0 Å². The summed E-state index contributed by atoms with van der Waals surface area (Å²) in [7, 11) is 1.62. The van der Waals surface area contributed by atoms with Crippen molar-refractivity contribution in [2.45, 2.75) is 19.1 Å². The minimum Gasteiger partial charge on any atom is -0.383 e. The molecule has 1 aromatic rings. The molecule has 0 bridgehead atoms. The van der Waals surface area contributed by atoms with E-state index in [1.807, 2.05) is 42.2 Å². The van der Waals surface area contributed by atoms with E-state index in [9.17, 15) is 4.79 Å². The molecule has 0 radical (unpaired) electrons. The molecule has 0 spiro atoms. The van der Waals surface area contributed by atoms with Gasteiger partial charge in [0.1, 0.15) is 6.10 Å². The molecule has 5 heteroatoms. The van der Waals surface area contributed by atoms with Gasteiger partial charge in [-0.2, -0.15) is 0 Å². The standard InChI is InChI=1S/C15H22N2O3/c1-12-11-20-14(13-6-4-3-5-7-13)10-17(12)15(18)16-8-9-19-2/h3-7,12,14H,8-11H2,1-2H3,(H,16,18)/t12-,14-/m0/s1. The highest BCUT2D eigenvalue weighted by Gasteiger charge is 2.30. The fraction of sp³-hybridized carbons (Fsp3) is 0.533. The van der Waals surface area contributed by atoms with Crippen molar-refractivity contribution in [1.29, 1.82) is 0 Å². The van der Waals surface area contributed by atoms with Crippen LogP contribution in [0.4, 0.5) is 4.79 Å². The molecule has 0 saturated carbocycles. The second-order valence-corrected chi connectivity index (χ2v) is 4.96. The molecule has 1 fully saturated rings. The van der Waals surface area contributed by atoms with E-state index >= 15 is 0 Å². The first-order valence-corrected chi connectivity index (χ1v) is 6.92. The summed E-state index contributed by atoms with van der Waals surface area (Å²) in [6.45, 7) is 4.17. The number of nitrogens with one attached hydrogen (secondary N) is 1. The van der Waals surface area contributed by atoms with E-state index in [4.69, 9.17) is 9.47 Å². The molecule has 2 amide bonds. The van der Waals surface area contributed by atoms with Crippen LogP contribution in [0, 0.1) is 0 Å². The second kappa shape index (κ2) is 7.26. The highest BCUT2D eigenvalue weighted by Crippen LogP contribution is 2.24. The molecule has 0 aromatic heterocycles. The predicted molar refractivity (Wildman–Crippen MR) is 76.6 cm³/mol. The zero-order valence-corrected chi connectivity index (χ0v) is 12.0. The minimum atomic E-state index is -0.0567. The van der Waals surface area contributed by atoms with E-state index in [1.54, 1.807) is 7.11 Å². The Morgan fingerprint density at radius 2 is 2.20 bits per heavy atom. The van der Waals surface area contributed by atoms with Crippen LogP contribution in [-0.2, 0) is 9.47 Å². The summed E-state index contributed by atoms with van der Waals surface area (Å²) in [5, 5.41) is 2.86. The number of morpholine rings is 1. The number of ether oxygens (including phenoxy) is 2. The van der Waals surface area contributed by atoms with Gasteiger partial charge in [0, 0.05) is 13.7 Å². The van der Waals surface area contributed by atoms with E-state index in [-0.39, 0.29) is 18.2 Å². The summed E-state index contributed by atoms with van der Waals surface area (Å²) >= 11 is 0. The average Bonchev–Trinajstić information content (AvgIpc) is 2.49. The maximum absolute atomic E-state index is 12.2. The fourth-order valence-electron chi connectivity index (χ4n) is 2.27. The fourth-order valence-corrected chi connectivity index (χ4v) is 2.27. The summed E-state index contributed by atoms with van der Waals surface area (Å²) in [4.78, 5) is 14.0. The van der Waals surface area contributed by atoms with Gasteiger partial charge in [0.05, 0.1) is 25.8 Å². The van der Waals surface area contributed by atoms with Gasteiger partial charge in [-0.25, -0.2) is 4.79 Å². The number of carbonyl (C=O) groups excluding carboxylic acids is 1. The van der Waals surface area contributed by atoms with Crippen molar-refractivity contribution >= 4 is 6.03 Å². The van der Waals surface area contributed by atoms with Gasteiger partial charge in [0.15, 0.2) is 0 Å². The van der Waals surface area contributed by atoms with Gasteiger partial charge in [-0.1, -0.05) is 30.3 Å². The number of methoxy groups -OCH3 is 1. The molecule has 2 rings (SSSR count). The number of urea groups is 1. The maximum atomic E-state index is 12.2. The molecule has 1 aliphatic rings. The first kappa shape index (κ1) is 14.8. The van der Waals surface area contributed by atoms with Gasteiger partial charge in [-0.05, 0) is 12.5 Å². The Morgan fingerprint density at radius 1 is 1.45 bits per heavy atom. The van der Waals surface area contributed by atoms with Crippen LogP contribution in [0.1, 0.15) is 18.6 Å². The normalized spacial score (nSPS) is 22.6. The molecular weight excluding hydrogens is 256 g/mol. The molecule has 2 atom stereocenters. The van der Waals surface area contributed by atoms with E-state index in [2.05, 4.69) is 5.32 Å². The molecule has 0 unspecified atom stereocenters. The van der Waals surface area contributed by atoms with E-state index < -0.39 is 0 Å². The quantitative estimate of drug-likeness (QED) is 0.855. The highest BCUT2D eigenvalue weighted by molar-refractivity contribution is 5.74.